The zero-order chi connectivity index (χ0) is 11.8. The van der Waals surface area contributed by atoms with Gasteiger partial charge in [0.1, 0.15) is 10.8 Å². The maximum Gasteiger partial charge on any atom is 0.455 e. The third-order valence-electron chi connectivity index (χ3n) is 1.61. The minimum atomic E-state index is -4.64. The van der Waals surface area contributed by atoms with Crippen molar-refractivity contribution in [3.05, 3.63) is 29.2 Å². The molecule has 2 rings (SSSR count). The molecule has 4 nitrogen and oxygen atoms in total. The van der Waals surface area contributed by atoms with E-state index in [9.17, 15) is 13.2 Å². The molecule has 0 aromatic carbocycles. The number of halogens is 4. The SMILES string of the molecule is FC(F)(F)c1noc(-c2cccc(Cl)n2)n1. The Morgan fingerprint density at radius 3 is 2.50 bits per heavy atom. The zero-order valence-electron chi connectivity index (χ0n) is 7.49. The summed E-state index contributed by atoms with van der Waals surface area (Å²) in [6, 6.07) is 4.41. The van der Waals surface area contributed by atoms with Crippen LogP contribution in [0.1, 0.15) is 5.82 Å². The van der Waals surface area contributed by atoms with Crippen molar-refractivity contribution in [2.75, 3.05) is 0 Å². The minimum Gasteiger partial charge on any atom is -0.332 e. The van der Waals surface area contributed by atoms with Crippen LogP contribution in [0.15, 0.2) is 22.7 Å². The molecule has 0 aliphatic heterocycles. The Morgan fingerprint density at radius 1 is 1.19 bits per heavy atom. The van der Waals surface area contributed by atoms with E-state index in [-0.39, 0.29) is 16.7 Å². The number of hydrogen-bond donors (Lipinski definition) is 0. The summed E-state index contributed by atoms with van der Waals surface area (Å²) in [4.78, 5) is 6.91. The summed E-state index contributed by atoms with van der Waals surface area (Å²) in [5.41, 5.74) is 0.0931. The molecule has 0 aliphatic carbocycles. The van der Waals surface area contributed by atoms with Crippen LogP contribution in [0.2, 0.25) is 5.15 Å². The molecule has 0 aliphatic rings. The van der Waals surface area contributed by atoms with Gasteiger partial charge in [0.25, 0.3) is 11.7 Å². The predicted molar refractivity (Wildman–Crippen MR) is 47.5 cm³/mol. The van der Waals surface area contributed by atoms with Crippen LogP contribution in [0.5, 0.6) is 0 Å². The summed E-state index contributed by atoms with van der Waals surface area (Å²) in [5.74, 6) is -1.67. The molecule has 84 valence electrons. The van der Waals surface area contributed by atoms with E-state index >= 15 is 0 Å². The Bertz CT molecular complexity index is 511. The van der Waals surface area contributed by atoms with Crippen LogP contribution in [0.3, 0.4) is 0 Å². The van der Waals surface area contributed by atoms with Crippen molar-refractivity contribution in [3.8, 4) is 11.6 Å². The van der Waals surface area contributed by atoms with Crippen molar-refractivity contribution in [2.45, 2.75) is 6.18 Å². The molecule has 0 radical (unpaired) electrons. The first kappa shape index (κ1) is 10.9. The van der Waals surface area contributed by atoms with Gasteiger partial charge in [0, 0.05) is 0 Å². The number of nitrogens with zero attached hydrogens (tertiary/aromatic N) is 3. The summed E-state index contributed by atoms with van der Waals surface area (Å²) >= 11 is 5.57. The first-order valence-corrected chi connectivity index (χ1v) is 4.38. The standard InChI is InChI=1S/C8H3ClF3N3O/c9-5-3-1-2-4(13-5)6-14-7(15-16-6)8(10,11)12/h1-3H. The fourth-order valence-electron chi connectivity index (χ4n) is 0.970. The molecule has 2 aromatic rings. The van der Waals surface area contributed by atoms with Gasteiger partial charge >= 0.3 is 6.18 Å². The second-order valence-electron chi connectivity index (χ2n) is 2.77. The van der Waals surface area contributed by atoms with Gasteiger partial charge in [-0.25, -0.2) is 4.98 Å². The Kier molecular flexibility index (Phi) is 2.55. The van der Waals surface area contributed by atoms with Crippen LogP contribution < -0.4 is 0 Å². The molecule has 0 spiro atoms. The first-order chi connectivity index (χ1) is 7.47. The molecule has 2 aromatic heterocycles. The number of pyridine rings is 1. The van der Waals surface area contributed by atoms with Gasteiger partial charge in [0.15, 0.2) is 0 Å². The van der Waals surface area contributed by atoms with Crippen molar-refractivity contribution in [1.82, 2.24) is 15.1 Å². The molecule has 0 amide bonds. The van der Waals surface area contributed by atoms with Gasteiger partial charge in [-0.3, -0.25) is 0 Å². The van der Waals surface area contributed by atoms with Gasteiger partial charge in [-0.05, 0) is 12.1 Å². The molecule has 0 atom stereocenters. The van der Waals surface area contributed by atoms with Gasteiger partial charge in [0.2, 0.25) is 0 Å². The highest BCUT2D eigenvalue weighted by Gasteiger charge is 2.37. The molecular formula is C8H3ClF3N3O. The van der Waals surface area contributed by atoms with Gasteiger partial charge < -0.3 is 4.52 Å². The van der Waals surface area contributed by atoms with E-state index in [1.54, 1.807) is 0 Å². The van der Waals surface area contributed by atoms with Crippen LogP contribution in [-0.4, -0.2) is 15.1 Å². The van der Waals surface area contributed by atoms with Crippen LogP contribution in [0.4, 0.5) is 13.2 Å². The lowest BCUT2D eigenvalue weighted by molar-refractivity contribution is -0.146. The van der Waals surface area contributed by atoms with E-state index in [0.717, 1.165) is 0 Å². The predicted octanol–water partition coefficient (Wildman–Crippen LogP) is 2.80. The largest absolute Gasteiger partial charge is 0.455 e. The highest BCUT2D eigenvalue weighted by molar-refractivity contribution is 6.29. The van der Waals surface area contributed by atoms with Crippen LogP contribution in [-0.2, 0) is 6.18 Å². The maximum absolute atomic E-state index is 12.2. The van der Waals surface area contributed by atoms with Crippen molar-refractivity contribution in [1.29, 1.82) is 0 Å². The van der Waals surface area contributed by atoms with E-state index in [0.29, 0.717) is 0 Å². The van der Waals surface area contributed by atoms with Crippen molar-refractivity contribution < 1.29 is 17.7 Å². The molecule has 0 saturated carbocycles. The smallest absolute Gasteiger partial charge is 0.332 e. The van der Waals surface area contributed by atoms with E-state index in [1.165, 1.54) is 18.2 Å². The van der Waals surface area contributed by atoms with Crippen LogP contribution in [0.25, 0.3) is 11.6 Å². The fraction of sp³-hybridized carbons (Fsp3) is 0.125. The zero-order valence-corrected chi connectivity index (χ0v) is 8.25. The topological polar surface area (TPSA) is 51.8 Å². The number of aromatic nitrogens is 3. The molecule has 0 unspecified atom stereocenters. The third-order valence-corrected chi connectivity index (χ3v) is 1.82. The van der Waals surface area contributed by atoms with Gasteiger partial charge in [0.05, 0.1) is 0 Å². The Hall–Kier alpha value is -1.63. The molecule has 8 heteroatoms. The third kappa shape index (κ3) is 2.13. The van der Waals surface area contributed by atoms with E-state index in [4.69, 9.17) is 11.6 Å². The summed E-state index contributed by atoms with van der Waals surface area (Å²) < 4.78 is 40.9. The van der Waals surface area contributed by atoms with E-state index < -0.39 is 12.0 Å². The summed E-state index contributed by atoms with van der Waals surface area (Å²) in [6.45, 7) is 0. The van der Waals surface area contributed by atoms with Gasteiger partial charge in [-0.1, -0.05) is 22.8 Å². The quantitative estimate of drug-likeness (QED) is 0.729. The second-order valence-corrected chi connectivity index (χ2v) is 3.15. The first-order valence-electron chi connectivity index (χ1n) is 4.00. The molecule has 0 bridgehead atoms. The Morgan fingerprint density at radius 2 is 1.94 bits per heavy atom. The maximum atomic E-state index is 12.2. The van der Waals surface area contributed by atoms with Gasteiger partial charge in [-0.2, -0.15) is 18.2 Å². The number of hydrogen-bond acceptors (Lipinski definition) is 4. The lowest BCUT2D eigenvalue weighted by Gasteiger charge is -1.96. The minimum absolute atomic E-state index is 0.0931. The molecule has 16 heavy (non-hydrogen) atoms. The van der Waals surface area contributed by atoms with Crippen molar-refractivity contribution in [2.24, 2.45) is 0 Å². The van der Waals surface area contributed by atoms with Crippen molar-refractivity contribution in [3.63, 3.8) is 0 Å². The monoisotopic (exact) mass is 249 g/mol. The average Bonchev–Trinajstić information content (AvgIpc) is 2.65. The molecule has 0 N–H and O–H groups in total. The van der Waals surface area contributed by atoms with E-state index in [1.807, 2.05) is 0 Å². The highest BCUT2D eigenvalue weighted by Crippen LogP contribution is 2.28. The average molecular weight is 250 g/mol. The summed E-state index contributed by atoms with van der Waals surface area (Å²) in [7, 11) is 0. The fourth-order valence-corrected chi connectivity index (χ4v) is 1.13. The van der Waals surface area contributed by atoms with Crippen molar-refractivity contribution >= 4 is 11.6 Å². The van der Waals surface area contributed by atoms with Crippen LogP contribution >= 0.6 is 11.6 Å². The summed E-state index contributed by atoms with van der Waals surface area (Å²) in [5, 5.41) is 2.93. The Labute approximate surface area is 92.1 Å². The molecule has 0 fully saturated rings. The van der Waals surface area contributed by atoms with E-state index in [2.05, 4.69) is 19.6 Å². The molecule has 0 saturated heterocycles. The molecular weight excluding hydrogens is 247 g/mol. The van der Waals surface area contributed by atoms with Crippen LogP contribution in [0, 0.1) is 0 Å². The molecule has 2 heterocycles. The summed E-state index contributed by atoms with van der Waals surface area (Å²) in [6.07, 6.45) is -4.64. The van der Waals surface area contributed by atoms with Gasteiger partial charge in [-0.15, -0.1) is 0 Å². The second kappa shape index (κ2) is 3.75. The lowest BCUT2D eigenvalue weighted by atomic mass is 10.3. The number of alkyl halides is 3. The highest BCUT2D eigenvalue weighted by atomic mass is 35.5. The lowest BCUT2D eigenvalue weighted by Crippen LogP contribution is -2.07. The normalized spacial score (nSPS) is 11.8. The number of rotatable bonds is 1. The Balaban J connectivity index is 2.39.